The lowest BCUT2D eigenvalue weighted by molar-refractivity contribution is -0.116. The molecule has 2 aromatic carbocycles. The van der Waals surface area contributed by atoms with Gasteiger partial charge in [0.2, 0.25) is 5.91 Å². The predicted molar refractivity (Wildman–Crippen MR) is 99.4 cm³/mol. The number of benzene rings is 2. The lowest BCUT2D eigenvalue weighted by Crippen LogP contribution is -2.23. The van der Waals surface area contributed by atoms with E-state index in [2.05, 4.69) is 31.1 Å². The van der Waals surface area contributed by atoms with Crippen LogP contribution in [0.3, 0.4) is 0 Å². The van der Waals surface area contributed by atoms with Crippen LogP contribution in [0.1, 0.15) is 32.2 Å². The van der Waals surface area contributed by atoms with E-state index in [-0.39, 0.29) is 24.5 Å². The number of anilines is 1. The zero-order chi connectivity index (χ0) is 18.0. The normalized spacial score (nSPS) is 11.7. The number of nitrogens with one attached hydrogen (secondary N) is 1. The smallest absolute Gasteiger partial charge is 0.244 e. The highest BCUT2D eigenvalue weighted by molar-refractivity contribution is 5.92. The Morgan fingerprint density at radius 2 is 1.80 bits per heavy atom. The van der Waals surface area contributed by atoms with Crippen LogP contribution >= 0.6 is 0 Å². The minimum Gasteiger partial charge on any atom is -0.388 e. The zero-order valence-electron chi connectivity index (χ0n) is 14.8. The van der Waals surface area contributed by atoms with E-state index < -0.39 is 0 Å². The third-order valence-electron chi connectivity index (χ3n) is 4.19. The molecule has 2 N–H and O–H groups in total. The number of carbonyl (C=O) groups excluding carboxylic acids is 1. The average Bonchev–Trinajstić information content (AvgIpc) is 2.92. The molecule has 0 saturated carbocycles. The Morgan fingerprint density at radius 3 is 2.52 bits per heavy atom. The summed E-state index contributed by atoms with van der Waals surface area (Å²) in [7, 11) is 0. The molecule has 0 spiro atoms. The fourth-order valence-corrected chi connectivity index (χ4v) is 3.00. The zero-order valence-corrected chi connectivity index (χ0v) is 14.8. The number of aliphatic hydroxyl groups is 1. The molecular formula is C20H23N3O2. The van der Waals surface area contributed by atoms with E-state index in [4.69, 9.17) is 0 Å². The van der Waals surface area contributed by atoms with Crippen LogP contribution < -0.4 is 5.32 Å². The molecule has 1 amide bonds. The minimum absolute atomic E-state index is 0.0676. The van der Waals surface area contributed by atoms with Gasteiger partial charge in [-0.15, -0.1) is 0 Å². The van der Waals surface area contributed by atoms with Gasteiger partial charge in [-0.2, -0.15) is 0 Å². The fourth-order valence-electron chi connectivity index (χ4n) is 3.00. The van der Waals surface area contributed by atoms with Crippen molar-refractivity contribution in [3.05, 3.63) is 59.9 Å². The Kier molecular flexibility index (Phi) is 4.59. The Labute approximate surface area is 147 Å². The second-order valence-electron chi connectivity index (χ2n) is 7.10. The highest BCUT2D eigenvalue weighted by Crippen LogP contribution is 2.29. The maximum absolute atomic E-state index is 12.6. The van der Waals surface area contributed by atoms with Crippen molar-refractivity contribution < 1.29 is 9.90 Å². The molecule has 0 saturated heterocycles. The monoisotopic (exact) mass is 337 g/mol. The van der Waals surface area contributed by atoms with Crippen molar-refractivity contribution >= 4 is 22.6 Å². The molecule has 0 aliphatic carbocycles. The first kappa shape index (κ1) is 17.2. The molecule has 130 valence electrons. The van der Waals surface area contributed by atoms with Crippen molar-refractivity contribution in [1.82, 2.24) is 9.55 Å². The maximum atomic E-state index is 12.6. The van der Waals surface area contributed by atoms with Crippen LogP contribution in [0.25, 0.3) is 11.0 Å². The Hall–Kier alpha value is -2.66. The second-order valence-corrected chi connectivity index (χ2v) is 7.10. The number of nitrogens with zero attached hydrogens (tertiary/aromatic N) is 2. The lowest BCUT2D eigenvalue weighted by atomic mass is 9.86. The third-order valence-corrected chi connectivity index (χ3v) is 4.19. The quantitative estimate of drug-likeness (QED) is 0.766. The molecule has 5 nitrogen and oxygen atoms in total. The molecule has 3 rings (SSSR count). The van der Waals surface area contributed by atoms with Gasteiger partial charge in [-0.3, -0.25) is 4.79 Å². The van der Waals surface area contributed by atoms with Crippen LogP contribution in [-0.2, 0) is 23.4 Å². The van der Waals surface area contributed by atoms with Crippen LogP contribution in [0.2, 0.25) is 0 Å². The Morgan fingerprint density at radius 1 is 1.12 bits per heavy atom. The number of aromatic nitrogens is 2. The molecule has 1 aromatic heterocycles. The minimum atomic E-state index is -0.208. The first-order valence-electron chi connectivity index (χ1n) is 8.34. The van der Waals surface area contributed by atoms with E-state index >= 15 is 0 Å². The van der Waals surface area contributed by atoms with E-state index in [1.54, 1.807) is 4.57 Å². The van der Waals surface area contributed by atoms with Gasteiger partial charge in [-0.05, 0) is 29.2 Å². The summed E-state index contributed by atoms with van der Waals surface area (Å²) < 4.78 is 1.75. The molecule has 0 bridgehead atoms. The first-order chi connectivity index (χ1) is 11.9. The van der Waals surface area contributed by atoms with Gasteiger partial charge < -0.3 is 15.0 Å². The van der Waals surface area contributed by atoms with Crippen LogP contribution in [0, 0.1) is 0 Å². The lowest BCUT2D eigenvalue weighted by Gasteiger charge is -2.23. The summed E-state index contributed by atoms with van der Waals surface area (Å²) in [5.41, 5.74) is 3.44. The van der Waals surface area contributed by atoms with Crippen LogP contribution in [0.5, 0.6) is 0 Å². The highest BCUT2D eigenvalue weighted by atomic mass is 16.3. The fraction of sp³-hybridized carbons (Fsp3) is 0.300. The Balaban J connectivity index is 1.88. The van der Waals surface area contributed by atoms with Crippen LogP contribution in [-0.4, -0.2) is 20.6 Å². The Bertz CT molecular complexity index is 907. The van der Waals surface area contributed by atoms with Gasteiger partial charge in [0.05, 0.1) is 11.0 Å². The van der Waals surface area contributed by atoms with E-state index in [9.17, 15) is 9.90 Å². The van der Waals surface area contributed by atoms with Crippen LogP contribution in [0.4, 0.5) is 5.69 Å². The number of hydrogen-bond acceptors (Lipinski definition) is 3. The van der Waals surface area contributed by atoms with Gasteiger partial charge in [0.1, 0.15) is 19.0 Å². The molecule has 1 heterocycles. The van der Waals surface area contributed by atoms with Gasteiger partial charge in [0.25, 0.3) is 0 Å². The van der Waals surface area contributed by atoms with Crippen molar-refractivity contribution in [2.45, 2.75) is 39.3 Å². The van der Waals surface area contributed by atoms with Crippen molar-refractivity contribution in [3.63, 3.8) is 0 Å². The number of fused-ring (bicyclic) bond motifs is 1. The number of carbonyl (C=O) groups is 1. The number of rotatable bonds is 4. The average molecular weight is 337 g/mol. The number of hydrogen-bond donors (Lipinski definition) is 2. The van der Waals surface area contributed by atoms with E-state index in [0.29, 0.717) is 5.82 Å². The summed E-state index contributed by atoms with van der Waals surface area (Å²) in [6.45, 7) is 6.25. The maximum Gasteiger partial charge on any atom is 0.244 e. The molecule has 0 atom stereocenters. The number of aliphatic hydroxyl groups excluding tert-OH is 1. The van der Waals surface area contributed by atoms with Crippen LogP contribution in [0.15, 0.2) is 48.5 Å². The number of amides is 1. The SMILES string of the molecule is CC(C)(C)c1ccccc1NC(=O)Cn1c(CO)nc2ccccc21. The van der Waals surface area contributed by atoms with E-state index in [0.717, 1.165) is 22.3 Å². The van der Waals surface area contributed by atoms with Gasteiger partial charge in [-0.1, -0.05) is 51.1 Å². The molecule has 3 aromatic rings. The summed E-state index contributed by atoms with van der Waals surface area (Å²) in [5.74, 6) is 0.343. The molecule has 0 aliphatic heterocycles. The van der Waals surface area contributed by atoms with Gasteiger partial charge in [-0.25, -0.2) is 4.98 Å². The number of para-hydroxylation sites is 3. The summed E-state index contributed by atoms with van der Waals surface area (Å²) in [5, 5.41) is 12.6. The molecule has 0 radical (unpaired) electrons. The molecule has 5 heteroatoms. The van der Waals surface area contributed by atoms with Gasteiger partial charge in [0.15, 0.2) is 0 Å². The number of imidazole rings is 1. The predicted octanol–water partition coefficient (Wildman–Crippen LogP) is 3.46. The molecule has 0 fully saturated rings. The topological polar surface area (TPSA) is 67.2 Å². The molecular weight excluding hydrogens is 314 g/mol. The summed E-state index contributed by atoms with van der Waals surface area (Å²) >= 11 is 0. The standard InChI is InChI=1S/C20H23N3O2/c1-20(2,3)14-8-4-5-9-15(14)22-19(25)12-23-17-11-7-6-10-16(17)21-18(23)13-24/h4-11,24H,12-13H2,1-3H3,(H,22,25). The molecule has 0 unspecified atom stereocenters. The highest BCUT2D eigenvalue weighted by Gasteiger charge is 2.19. The molecule has 0 aliphatic rings. The second kappa shape index (κ2) is 6.69. The largest absolute Gasteiger partial charge is 0.388 e. The third kappa shape index (κ3) is 3.56. The van der Waals surface area contributed by atoms with Crippen molar-refractivity contribution in [3.8, 4) is 0 Å². The van der Waals surface area contributed by atoms with Gasteiger partial charge >= 0.3 is 0 Å². The van der Waals surface area contributed by atoms with Gasteiger partial charge in [0, 0.05) is 5.69 Å². The van der Waals surface area contributed by atoms with Crippen molar-refractivity contribution in [2.24, 2.45) is 0 Å². The van der Waals surface area contributed by atoms with Crippen molar-refractivity contribution in [2.75, 3.05) is 5.32 Å². The first-order valence-corrected chi connectivity index (χ1v) is 8.34. The summed E-state index contributed by atoms with van der Waals surface area (Å²) in [4.78, 5) is 17.0. The van der Waals surface area contributed by atoms with Crippen molar-refractivity contribution in [1.29, 1.82) is 0 Å². The summed E-state index contributed by atoms with van der Waals surface area (Å²) in [6, 6.07) is 15.4. The molecule has 25 heavy (non-hydrogen) atoms. The van der Waals surface area contributed by atoms with E-state index in [1.807, 2.05) is 48.5 Å². The van der Waals surface area contributed by atoms with E-state index in [1.165, 1.54) is 0 Å². The summed E-state index contributed by atoms with van der Waals surface area (Å²) in [6.07, 6.45) is 0.